The molecule has 1 aromatic heterocycles. The quantitative estimate of drug-likeness (QED) is 0.801. The molecule has 0 radical (unpaired) electrons. The van der Waals surface area contributed by atoms with Crippen molar-refractivity contribution in [2.24, 2.45) is 7.05 Å². The molecule has 1 N–H and O–H groups in total. The molecule has 0 unspecified atom stereocenters. The fourth-order valence-electron chi connectivity index (χ4n) is 1.61. The Morgan fingerprint density at radius 3 is 2.40 bits per heavy atom. The van der Waals surface area contributed by atoms with Gasteiger partial charge in [0.1, 0.15) is 0 Å². The molecule has 2 heteroatoms. The lowest BCUT2D eigenvalue weighted by atomic mass is 10.2. The summed E-state index contributed by atoms with van der Waals surface area (Å²) in [6.45, 7) is 1.85. The van der Waals surface area contributed by atoms with E-state index in [2.05, 4.69) is 52.6 Å². The van der Waals surface area contributed by atoms with Crippen LogP contribution in [0.5, 0.6) is 0 Å². The number of nitrogens with zero attached hydrogens (tertiary/aromatic N) is 1. The van der Waals surface area contributed by atoms with Gasteiger partial charge in [-0.05, 0) is 17.2 Å². The number of hydrogen-bond acceptors (Lipinski definition) is 1. The van der Waals surface area contributed by atoms with E-state index in [1.165, 1.54) is 11.1 Å². The third-order valence-corrected chi connectivity index (χ3v) is 2.39. The van der Waals surface area contributed by atoms with Crippen LogP contribution in [0.3, 0.4) is 0 Å². The second kappa shape index (κ2) is 4.80. The third kappa shape index (κ3) is 2.96. The van der Waals surface area contributed by atoms with E-state index in [0.29, 0.717) is 0 Å². The predicted octanol–water partition coefficient (Wildman–Crippen LogP) is 2.31. The predicted molar refractivity (Wildman–Crippen MR) is 62.4 cm³/mol. The Balaban J connectivity index is 1.80. The summed E-state index contributed by atoms with van der Waals surface area (Å²) < 4.78 is 2.07. The number of aromatic nitrogens is 1. The van der Waals surface area contributed by atoms with Crippen molar-refractivity contribution < 1.29 is 0 Å². The molecule has 0 amide bonds. The van der Waals surface area contributed by atoms with Crippen molar-refractivity contribution in [2.45, 2.75) is 13.1 Å². The van der Waals surface area contributed by atoms with E-state index in [1.807, 2.05) is 13.1 Å². The lowest BCUT2D eigenvalue weighted by molar-refractivity contribution is 0.692. The van der Waals surface area contributed by atoms with E-state index in [-0.39, 0.29) is 0 Å². The summed E-state index contributed by atoms with van der Waals surface area (Å²) in [6.07, 6.45) is 4.21. The molecule has 0 bridgehead atoms. The van der Waals surface area contributed by atoms with Crippen molar-refractivity contribution in [2.75, 3.05) is 0 Å². The maximum absolute atomic E-state index is 3.42. The number of benzene rings is 1. The van der Waals surface area contributed by atoms with Gasteiger partial charge >= 0.3 is 0 Å². The van der Waals surface area contributed by atoms with Crippen LogP contribution in [0.4, 0.5) is 0 Å². The highest BCUT2D eigenvalue weighted by Crippen LogP contribution is 2.01. The molecule has 0 aliphatic carbocycles. The van der Waals surface area contributed by atoms with E-state index < -0.39 is 0 Å². The standard InChI is InChI=1S/C13H16N2/c1-15-8-7-13(11-15)10-14-9-12-5-3-2-4-6-12/h2-8,11,14H,9-10H2,1H3. The molecule has 0 saturated heterocycles. The van der Waals surface area contributed by atoms with Crippen LogP contribution in [-0.4, -0.2) is 4.57 Å². The van der Waals surface area contributed by atoms with Gasteiger partial charge < -0.3 is 9.88 Å². The molecule has 0 aliphatic rings. The van der Waals surface area contributed by atoms with Crippen molar-refractivity contribution in [3.05, 3.63) is 59.9 Å². The summed E-state index contributed by atoms with van der Waals surface area (Å²) >= 11 is 0. The van der Waals surface area contributed by atoms with E-state index in [9.17, 15) is 0 Å². The van der Waals surface area contributed by atoms with Crippen LogP contribution in [0, 0.1) is 0 Å². The third-order valence-electron chi connectivity index (χ3n) is 2.39. The molecular formula is C13H16N2. The van der Waals surface area contributed by atoms with Crippen molar-refractivity contribution in [3.63, 3.8) is 0 Å². The first kappa shape index (κ1) is 9.99. The molecule has 0 fully saturated rings. The lowest BCUT2D eigenvalue weighted by Crippen LogP contribution is -2.11. The molecule has 2 aromatic rings. The molecule has 0 spiro atoms. The first-order valence-corrected chi connectivity index (χ1v) is 5.20. The van der Waals surface area contributed by atoms with Gasteiger partial charge in [-0.2, -0.15) is 0 Å². The van der Waals surface area contributed by atoms with E-state index in [0.717, 1.165) is 13.1 Å². The molecule has 0 atom stereocenters. The normalized spacial score (nSPS) is 10.5. The molecule has 1 heterocycles. The first-order chi connectivity index (χ1) is 7.34. The average Bonchev–Trinajstić information content (AvgIpc) is 2.66. The van der Waals surface area contributed by atoms with E-state index in [4.69, 9.17) is 0 Å². The molecule has 78 valence electrons. The second-order valence-electron chi connectivity index (χ2n) is 3.77. The molecule has 0 saturated carbocycles. The Labute approximate surface area is 90.6 Å². The van der Waals surface area contributed by atoms with Crippen molar-refractivity contribution >= 4 is 0 Å². The Bertz CT molecular complexity index is 403. The smallest absolute Gasteiger partial charge is 0.0223 e. The summed E-state index contributed by atoms with van der Waals surface area (Å²) in [5, 5.41) is 3.42. The number of hydrogen-bond donors (Lipinski definition) is 1. The zero-order chi connectivity index (χ0) is 10.5. The lowest BCUT2D eigenvalue weighted by Gasteiger charge is -2.02. The number of nitrogens with one attached hydrogen (secondary N) is 1. The van der Waals surface area contributed by atoms with E-state index in [1.54, 1.807) is 0 Å². The summed E-state index contributed by atoms with van der Waals surface area (Å²) in [4.78, 5) is 0. The Morgan fingerprint density at radius 2 is 1.73 bits per heavy atom. The molecule has 1 aromatic carbocycles. The number of rotatable bonds is 4. The maximum atomic E-state index is 3.42. The van der Waals surface area contributed by atoms with Gasteiger partial charge in [-0.15, -0.1) is 0 Å². The van der Waals surface area contributed by atoms with Gasteiger partial charge in [-0.25, -0.2) is 0 Å². The van der Waals surface area contributed by atoms with Crippen LogP contribution >= 0.6 is 0 Å². The zero-order valence-electron chi connectivity index (χ0n) is 8.98. The van der Waals surface area contributed by atoms with Crippen molar-refractivity contribution in [3.8, 4) is 0 Å². The highest BCUT2D eigenvalue weighted by atomic mass is 14.9. The molecule has 2 rings (SSSR count). The van der Waals surface area contributed by atoms with Crippen LogP contribution in [0.2, 0.25) is 0 Å². The minimum atomic E-state index is 0.926. The van der Waals surface area contributed by atoms with Crippen LogP contribution in [0.25, 0.3) is 0 Å². The largest absolute Gasteiger partial charge is 0.357 e. The van der Waals surface area contributed by atoms with Gasteiger partial charge in [0.15, 0.2) is 0 Å². The molecule has 15 heavy (non-hydrogen) atoms. The van der Waals surface area contributed by atoms with E-state index >= 15 is 0 Å². The fraction of sp³-hybridized carbons (Fsp3) is 0.231. The Morgan fingerprint density at radius 1 is 1.00 bits per heavy atom. The van der Waals surface area contributed by atoms with Crippen LogP contribution in [0.15, 0.2) is 48.8 Å². The Kier molecular flexibility index (Phi) is 3.20. The minimum Gasteiger partial charge on any atom is -0.357 e. The summed E-state index contributed by atoms with van der Waals surface area (Å²) in [5.74, 6) is 0. The zero-order valence-corrected chi connectivity index (χ0v) is 8.98. The highest BCUT2D eigenvalue weighted by molar-refractivity contribution is 5.15. The molecule has 0 aliphatic heterocycles. The first-order valence-electron chi connectivity index (χ1n) is 5.20. The summed E-state index contributed by atoms with van der Waals surface area (Å²) in [5.41, 5.74) is 2.65. The van der Waals surface area contributed by atoms with Crippen molar-refractivity contribution in [1.29, 1.82) is 0 Å². The summed E-state index contributed by atoms with van der Waals surface area (Å²) in [6, 6.07) is 12.6. The topological polar surface area (TPSA) is 17.0 Å². The van der Waals surface area contributed by atoms with Crippen molar-refractivity contribution in [1.82, 2.24) is 9.88 Å². The SMILES string of the molecule is Cn1ccc(CNCc2ccccc2)c1. The maximum Gasteiger partial charge on any atom is 0.0223 e. The van der Waals surface area contributed by atoms with Gasteiger partial charge in [-0.1, -0.05) is 30.3 Å². The monoisotopic (exact) mass is 200 g/mol. The molecular weight excluding hydrogens is 184 g/mol. The fourth-order valence-corrected chi connectivity index (χ4v) is 1.61. The van der Waals surface area contributed by atoms with Crippen LogP contribution in [-0.2, 0) is 20.1 Å². The highest BCUT2D eigenvalue weighted by Gasteiger charge is 1.94. The minimum absolute atomic E-state index is 0.926. The van der Waals surface area contributed by atoms with Gasteiger partial charge in [0.25, 0.3) is 0 Å². The number of aryl methyl sites for hydroxylation is 1. The molecule has 2 nitrogen and oxygen atoms in total. The second-order valence-corrected chi connectivity index (χ2v) is 3.77. The Hall–Kier alpha value is -1.54. The van der Waals surface area contributed by atoms with Gasteiger partial charge in [0.2, 0.25) is 0 Å². The van der Waals surface area contributed by atoms with Crippen LogP contribution < -0.4 is 5.32 Å². The van der Waals surface area contributed by atoms with Gasteiger partial charge in [-0.3, -0.25) is 0 Å². The van der Waals surface area contributed by atoms with Crippen LogP contribution in [0.1, 0.15) is 11.1 Å². The summed E-state index contributed by atoms with van der Waals surface area (Å²) in [7, 11) is 2.04. The average molecular weight is 200 g/mol. The van der Waals surface area contributed by atoms with Gasteiger partial charge in [0, 0.05) is 32.5 Å². The van der Waals surface area contributed by atoms with Gasteiger partial charge in [0.05, 0.1) is 0 Å².